The summed E-state index contributed by atoms with van der Waals surface area (Å²) in [7, 11) is 0. The molecule has 21 heavy (non-hydrogen) atoms. The largest absolute Gasteiger partial charge is 0.384 e. The Balaban J connectivity index is 1.94. The number of nitrogens with one attached hydrogen (secondary N) is 1. The van der Waals surface area contributed by atoms with Crippen molar-refractivity contribution in [1.82, 2.24) is 20.4 Å². The van der Waals surface area contributed by atoms with Crippen LogP contribution in [-0.2, 0) is 5.75 Å². The molecule has 0 aliphatic heterocycles. The molecule has 3 rings (SSSR count). The van der Waals surface area contributed by atoms with Gasteiger partial charge in [0.2, 0.25) is 5.65 Å². The van der Waals surface area contributed by atoms with E-state index in [-0.39, 0.29) is 0 Å². The maximum absolute atomic E-state index is 7.24. The minimum atomic E-state index is 0.399. The summed E-state index contributed by atoms with van der Waals surface area (Å²) in [5.74, 6) is 1.03. The number of hydrogen-bond acceptors (Lipinski definition) is 5. The number of thioether (sulfide) groups is 1. The zero-order valence-corrected chi connectivity index (χ0v) is 13.1. The van der Waals surface area contributed by atoms with Gasteiger partial charge in [0.05, 0.1) is 6.57 Å². The molecule has 2 aromatic heterocycles. The van der Waals surface area contributed by atoms with E-state index in [1.54, 1.807) is 23.9 Å². The van der Waals surface area contributed by atoms with E-state index in [4.69, 9.17) is 12.3 Å². The number of anilines is 1. The molecule has 3 aromatic rings. The molecule has 0 spiro atoms. The van der Waals surface area contributed by atoms with Crippen molar-refractivity contribution in [3.63, 3.8) is 0 Å². The third kappa shape index (κ3) is 2.70. The average molecular weight is 361 g/mol. The molecule has 0 saturated carbocycles. The van der Waals surface area contributed by atoms with E-state index in [0.717, 1.165) is 14.9 Å². The van der Waals surface area contributed by atoms with Crippen LogP contribution in [0, 0.1) is 6.57 Å². The molecule has 1 aromatic carbocycles. The van der Waals surface area contributed by atoms with Crippen LogP contribution in [-0.4, -0.2) is 20.4 Å². The van der Waals surface area contributed by atoms with Gasteiger partial charge in [-0.1, -0.05) is 34.1 Å². The van der Waals surface area contributed by atoms with Crippen molar-refractivity contribution in [2.75, 3.05) is 5.73 Å². The first-order valence-corrected chi connectivity index (χ1v) is 7.71. The highest BCUT2D eigenvalue weighted by molar-refractivity contribution is 9.10. The molecule has 2 heterocycles. The Morgan fingerprint density at radius 2 is 2.24 bits per heavy atom. The van der Waals surface area contributed by atoms with Crippen molar-refractivity contribution in [2.45, 2.75) is 10.6 Å². The predicted molar refractivity (Wildman–Crippen MR) is 86.1 cm³/mol. The number of aromatic amines is 1. The Labute approximate surface area is 133 Å². The third-order valence-electron chi connectivity index (χ3n) is 2.86. The minimum absolute atomic E-state index is 0.399. The second kappa shape index (κ2) is 5.71. The van der Waals surface area contributed by atoms with Gasteiger partial charge in [-0.25, -0.2) is 9.83 Å². The molecule has 0 saturated heterocycles. The third-order valence-corrected chi connectivity index (χ3v) is 4.66. The van der Waals surface area contributed by atoms with Crippen LogP contribution in [0.3, 0.4) is 0 Å². The fraction of sp³-hybridized carbons (Fsp3) is 0.0769. The van der Waals surface area contributed by atoms with Gasteiger partial charge in [0, 0.05) is 15.1 Å². The Bertz CT molecular complexity index is 853. The van der Waals surface area contributed by atoms with Crippen LogP contribution in [0.25, 0.3) is 16.0 Å². The Morgan fingerprint density at radius 3 is 3.05 bits per heavy atom. The van der Waals surface area contributed by atoms with Gasteiger partial charge in [0.15, 0.2) is 5.69 Å². The molecule has 0 aliphatic carbocycles. The minimum Gasteiger partial charge on any atom is -0.384 e. The van der Waals surface area contributed by atoms with Crippen molar-refractivity contribution in [3.05, 3.63) is 45.7 Å². The molecular weight excluding hydrogens is 352 g/mol. The summed E-state index contributed by atoms with van der Waals surface area (Å²) in [6.45, 7) is 7.24. The quantitative estimate of drug-likeness (QED) is 0.551. The van der Waals surface area contributed by atoms with Gasteiger partial charge in [0.1, 0.15) is 11.3 Å². The van der Waals surface area contributed by atoms with Crippen LogP contribution in [0.1, 0.15) is 5.56 Å². The summed E-state index contributed by atoms with van der Waals surface area (Å²) < 4.78 is 0.918. The molecule has 0 radical (unpaired) electrons. The molecule has 104 valence electrons. The fourth-order valence-corrected chi connectivity index (χ4v) is 3.64. The first kappa shape index (κ1) is 13.9. The van der Waals surface area contributed by atoms with E-state index in [9.17, 15) is 0 Å². The van der Waals surface area contributed by atoms with Crippen LogP contribution in [0.2, 0.25) is 0 Å². The van der Waals surface area contributed by atoms with Gasteiger partial charge in [-0.2, -0.15) is 10.3 Å². The van der Waals surface area contributed by atoms with Crippen LogP contribution >= 0.6 is 27.7 Å². The van der Waals surface area contributed by atoms with Gasteiger partial charge >= 0.3 is 0 Å². The Hall–Kier alpha value is -2.11. The first-order chi connectivity index (χ1) is 10.2. The number of benzene rings is 1. The van der Waals surface area contributed by atoms with Crippen molar-refractivity contribution in [1.29, 1.82) is 0 Å². The fourth-order valence-electron chi connectivity index (χ4n) is 1.88. The van der Waals surface area contributed by atoms with E-state index >= 15 is 0 Å². The SMILES string of the molecule is [C-]#[N+]c1cccc(Br)c1CSc1cc(N)nc2n[nH]nc12. The van der Waals surface area contributed by atoms with E-state index in [1.165, 1.54) is 0 Å². The lowest BCUT2D eigenvalue weighted by molar-refractivity contribution is 0.953. The second-order valence-corrected chi connectivity index (χ2v) is 6.05. The summed E-state index contributed by atoms with van der Waals surface area (Å²) in [5.41, 5.74) is 8.54. The number of fused-ring (bicyclic) bond motifs is 1. The number of aromatic nitrogens is 4. The maximum Gasteiger partial charge on any atom is 0.204 e. The van der Waals surface area contributed by atoms with Gasteiger partial charge in [-0.15, -0.1) is 16.9 Å². The molecule has 3 N–H and O–H groups in total. The summed E-state index contributed by atoms with van der Waals surface area (Å²) in [6.07, 6.45) is 0. The lowest BCUT2D eigenvalue weighted by atomic mass is 10.2. The van der Waals surface area contributed by atoms with Gasteiger partial charge in [-0.05, 0) is 11.6 Å². The predicted octanol–water partition coefficient (Wildman–Crippen LogP) is 3.54. The molecule has 6 nitrogen and oxygen atoms in total. The average Bonchev–Trinajstić information content (AvgIpc) is 2.93. The van der Waals surface area contributed by atoms with Gasteiger partial charge in [-0.3, -0.25) is 0 Å². The van der Waals surface area contributed by atoms with Crippen LogP contribution < -0.4 is 5.73 Å². The van der Waals surface area contributed by atoms with Crippen LogP contribution in [0.5, 0.6) is 0 Å². The summed E-state index contributed by atoms with van der Waals surface area (Å²) in [6, 6.07) is 7.35. The number of hydrogen-bond donors (Lipinski definition) is 2. The van der Waals surface area contributed by atoms with E-state index in [0.29, 0.717) is 28.4 Å². The number of pyridine rings is 1. The molecule has 8 heteroatoms. The number of rotatable bonds is 3. The van der Waals surface area contributed by atoms with Crippen LogP contribution in [0.15, 0.2) is 33.6 Å². The van der Waals surface area contributed by atoms with Gasteiger partial charge in [0.25, 0.3) is 0 Å². The van der Waals surface area contributed by atoms with Crippen molar-refractivity contribution < 1.29 is 0 Å². The molecule has 0 aliphatic rings. The standard InChI is InChI=1S/C13H9BrN6S/c1-16-9-4-2-3-8(14)7(9)6-21-10-5-11(15)17-13-12(10)18-20-19-13/h2-5H,6H2,(H3,15,17,18,19,20). The number of nitrogens with zero attached hydrogens (tertiary/aromatic N) is 4. The van der Waals surface area contributed by atoms with Crippen LogP contribution in [0.4, 0.5) is 11.5 Å². The van der Waals surface area contributed by atoms with E-state index < -0.39 is 0 Å². The normalized spacial score (nSPS) is 10.7. The summed E-state index contributed by atoms with van der Waals surface area (Å²) in [4.78, 5) is 8.54. The summed E-state index contributed by atoms with van der Waals surface area (Å²) in [5, 5.41) is 10.6. The number of H-pyrrole nitrogens is 1. The van der Waals surface area contributed by atoms with E-state index in [2.05, 4.69) is 41.2 Å². The summed E-state index contributed by atoms with van der Waals surface area (Å²) >= 11 is 5.04. The lowest BCUT2D eigenvalue weighted by Crippen LogP contribution is -1.92. The molecule has 0 bridgehead atoms. The highest BCUT2D eigenvalue weighted by Gasteiger charge is 2.12. The monoisotopic (exact) mass is 360 g/mol. The number of nitrogen functional groups attached to an aromatic ring is 1. The number of nitrogens with two attached hydrogens (primary N) is 1. The maximum atomic E-state index is 7.24. The molecule has 0 fully saturated rings. The van der Waals surface area contributed by atoms with Crippen molar-refractivity contribution in [3.8, 4) is 0 Å². The lowest BCUT2D eigenvalue weighted by Gasteiger charge is -2.07. The zero-order valence-electron chi connectivity index (χ0n) is 10.7. The topological polar surface area (TPSA) is 84.8 Å². The zero-order chi connectivity index (χ0) is 14.8. The van der Waals surface area contributed by atoms with Crippen molar-refractivity contribution in [2.24, 2.45) is 0 Å². The molecular formula is C13H9BrN6S. The Kier molecular flexibility index (Phi) is 3.77. The molecule has 0 atom stereocenters. The van der Waals surface area contributed by atoms with Gasteiger partial charge < -0.3 is 5.73 Å². The smallest absolute Gasteiger partial charge is 0.204 e. The van der Waals surface area contributed by atoms with Crippen molar-refractivity contribution >= 4 is 50.4 Å². The first-order valence-electron chi connectivity index (χ1n) is 5.93. The second-order valence-electron chi connectivity index (χ2n) is 4.18. The highest BCUT2D eigenvalue weighted by Crippen LogP contribution is 2.35. The molecule has 0 unspecified atom stereocenters. The Morgan fingerprint density at radius 1 is 1.38 bits per heavy atom. The highest BCUT2D eigenvalue weighted by atomic mass is 79.9. The number of halogens is 1. The van der Waals surface area contributed by atoms with E-state index in [1.807, 2.05) is 12.1 Å². The molecule has 0 amide bonds.